The number of halogens is 1. The molecule has 4 heteroatoms. The van der Waals surface area contributed by atoms with Crippen molar-refractivity contribution in [1.82, 2.24) is 9.38 Å². The average molecular weight is 331 g/mol. The van der Waals surface area contributed by atoms with Crippen LogP contribution in [0.2, 0.25) is 0 Å². The van der Waals surface area contributed by atoms with Gasteiger partial charge in [-0.05, 0) is 49.2 Å². The van der Waals surface area contributed by atoms with Gasteiger partial charge in [0.2, 0.25) is 5.88 Å². The molecule has 0 spiro atoms. The number of aromatic nitrogens is 2. The van der Waals surface area contributed by atoms with E-state index in [9.17, 15) is 0 Å². The van der Waals surface area contributed by atoms with Crippen LogP contribution in [-0.2, 0) is 5.33 Å². The molecular weight excluding hydrogens is 316 g/mol. The lowest BCUT2D eigenvalue weighted by molar-refractivity contribution is 0.461. The van der Waals surface area contributed by atoms with Crippen LogP contribution < -0.4 is 4.74 Å². The third-order valence-electron chi connectivity index (χ3n) is 3.41. The quantitative estimate of drug-likeness (QED) is 0.654. The van der Waals surface area contributed by atoms with E-state index < -0.39 is 0 Å². The van der Waals surface area contributed by atoms with Gasteiger partial charge in [0.15, 0.2) is 0 Å². The Morgan fingerprint density at radius 2 is 2.00 bits per heavy atom. The van der Waals surface area contributed by atoms with Gasteiger partial charge in [0, 0.05) is 11.5 Å². The van der Waals surface area contributed by atoms with Gasteiger partial charge in [-0.25, -0.2) is 0 Å². The largest absolute Gasteiger partial charge is 0.437 e. The molecule has 0 saturated carbocycles. The van der Waals surface area contributed by atoms with E-state index in [0.29, 0.717) is 11.2 Å². The second-order valence-corrected chi connectivity index (χ2v) is 5.33. The number of aryl methyl sites for hydroxylation is 2. The Morgan fingerprint density at radius 1 is 1.15 bits per heavy atom. The van der Waals surface area contributed by atoms with Gasteiger partial charge < -0.3 is 4.74 Å². The molecule has 0 aliphatic carbocycles. The molecule has 0 saturated heterocycles. The first-order chi connectivity index (χ1) is 9.69. The molecule has 2 heterocycles. The Balaban J connectivity index is 2.03. The lowest BCUT2D eigenvalue weighted by Gasteiger charge is -2.07. The van der Waals surface area contributed by atoms with Gasteiger partial charge >= 0.3 is 0 Å². The van der Waals surface area contributed by atoms with E-state index in [1.54, 1.807) is 0 Å². The molecule has 0 aliphatic heterocycles. The molecule has 0 radical (unpaired) electrons. The van der Waals surface area contributed by atoms with Crippen LogP contribution in [0.1, 0.15) is 16.8 Å². The van der Waals surface area contributed by atoms with Crippen molar-refractivity contribution >= 4 is 21.6 Å². The first kappa shape index (κ1) is 13.2. The molecule has 3 aromatic rings. The Hall–Kier alpha value is -1.81. The van der Waals surface area contributed by atoms with E-state index in [1.807, 2.05) is 40.9 Å². The van der Waals surface area contributed by atoms with Gasteiger partial charge in [-0.15, -0.1) is 0 Å². The molecule has 3 nitrogen and oxygen atoms in total. The monoisotopic (exact) mass is 330 g/mol. The maximum Gasteiger partial charge on any atom is 0.242 e. The highest BCUT2D eigenvalue weighted by molar-refractivity contribution is 9.08. The number of hydrogen-bond acceptors (Lipinski definition) is 2. The van der Waals surface area contributed by atoms with Crippen molar-refractivity contribution in [2.45, 2.75) is 19.2 Å². The van der Waals surface area contributed by atoms with E-state index >= 15 is 0 Å². The molecule has 0 unspecified atom stereocenters. The van der Waals surface area contributed by atoms with Crippen LogP contribution >= 0.6 is 15.9 Å². The molecule has 102 valence electrons. The molecule has 1 aromatic carbocycles. The van der Waals surface area contributed by atoms with Crippen molar-refractivity contribution in [3.05, 3.63) is 59.4 Å². The van der Waals surface area contributed by atoms with Crippen LogP contribution in [0.25, 0.3) is 5.65 Å². The maximum atomic E-state index is 5.96. The van der Waals surface area contributed by atoms with Crippen molar-refractivity contribution in [3.63, 3.8) is 0 Å². The smallest absolute Gasteiger partial charge is 0.242 e. The van der Waals surface area contributed by atoms with Gasteiger partial charge in [0.05, 0.1) is 5.69 Å². The number of alkyl halides is 1. The fourth-order valence-electron chi connectivity index (χ4n) is 2.12. The zero-order valence-electron chi connectivity index (χ0n) is 11.4. The first-order valence-corrected chi connectivity index (χ1v) is 7.58. The minimum atomic E-state index is 0.649. The summed E-state index contributed by atoms with van der Waals surface area (Å²) in [5.41, 5.74) is 4.37. The lowest BCUT2D eigenvalue weighted by Crippen LogP contribution is -1.92. The summed E-state index contributed by atoms with van der Waals surface area (Å²) >= 11 is 3.51. The van der Waals surface area contributed by atoms with E-state index in [-0.39, 0.29) is 0 Å². The number of benzene rings is 1. The second-order valence-electron chi connectivity index (χ2n) is 4.77. The molecule has 3 rings (SSSR count). The van der Waals surface area contributed by atoms with Crippen molar-refractivity contribution in [2.24, 2.45) is 0 Å². The zero-order chi connectivity index (χ0) is 14.1. The van der Waals surface area contributed by atoms with E-state index in [2.05, 4.69) is 40.8 Å². The van der Waals surface area contributed by atoms with Crippen molar-refractivity contribution in [1.29, 1.82) is 0 Å². The van der Waals surface area contributed by atoms with Crippen molar-refractivity contribution in [3.8, 4) is 11.6 Å². The van der Waals surface area contributed by atoms with E-state index in [4.69, 9.17) is 4.74 Å². The fourth-order valence-corrected chi connectivity index (χ4v) is 2.63. The second kappa shape index (κ2) is 5.29. The predicted molar refractivity (Wildman–Crippen MR) is 83.8 cm³/mol. The predicted octanol–water partition coefficient (Wildman–Crippen LogP) is 4.64. The van der Waals surface area contributed by atoms with Gasteiger partial charge in [-0.1, -0.05) is 28.1 Å². The number of hydrogen-bond donors (Lipinski definition) is 0. The molecule has 0 aliphatic rings. The van der Waals surface area contributed by atoms with Gasteiger partial charge in [0.25, 0.3) is 0 Å². The summed E-state index contributed by atoms with van der Waals surface area (Å²) < 4.78 is 7.99. The number of rotatable bonds is 3. The lowest BCUT2D eigenvalue weighted by atomic mass is 10.1. The molecule has 0 N–H and O–H groups in total. The molecule has 20 heavy (non-hydrogen) atoms. The molecule has 0 amide bonds. The van der Waals surface area contributed by atoms with Gasteiger partial charge in [-0.2, -0.15) is 4.98 Å². The highest BCUT2D eigenvalue weighted by Crippen LogP contribution is 2.28. The Morgan fingerprint density at radius 3 is 2.75 bits per heavy atom. The molecule has 0 fully saturated rings. The summed E-state index contributed by atoms with van der Waals surface area (Å²) in [6.45, 7) is 4.17. The Bertz CT molecular complexity index is 764. The van der Waals surface area contributed by atoms with Crippen LogP contribution in [0.5, 0.6) is 11.6 Å². The number of fused-ring (bicyclic) bond motifs is 1. The zero-order valence-corrected chi connectivity index (χ0v) is 13.0. The minimum absolute atomic E-state index is 0.649. The summed E-state index contributed by atoms with van der Waals surface area (Å²) in [4.78, 5) is 4.54. The highest BCUT2D eigenvalue weighted by Gasteiger charge is 2.13. The molecule has 0 bridgehead atoms. The van der Waals surface area contributed by atoms with Crippen molar-refractivity contribution < 1.29 is 4.74 Å². The maximum absolute atomic E-state index is 5.96. The summed E-state index contributed by atoms with van der Waals surface area (Å²) in [5.74, 6) is 1.47. The summed E-state index contributed by atoms with van der Waals surface area (Å²) in [6, 6.07) is 12.0. The topological polar surface area (TPSA) is 26.5 Å². The Labute approximate surface area is 126 Å². The number of pyridine rings is 1. The standard InChI is InChI=1S/C16H15BrN2O/c1-11-6-7-13(9-12(11)2)20-16-14(10-17)19-8-4-3-5-15(19)18-16/h3-9H,10H2,1-2H3. The first-order valence-electron chi connectivity index (χ1n) is 6.46. The average Bonchev–Trinajstić information content (AvgIpc) is 2.80. The van der Waals surface area contributed by atoms with Crippen LogP contribution in [0, 0.1) is 13.8 Å². The third kappa shape index (κ3) is 2.31. The van der Waals surface area contributed by atoms with Crippen molar-refractivity contribution in [2.75, 3.05) is 0 Å². The van der Waals surface area contributed by atoms with Crippen LogP contribution in [0.15, 0.2) is 42.6 Å². The van der Waals surface area contributed by atoms with Gasteiger partial charge in [0.1, 0.15) is 11.4 Å². The summed E-state index contributed by atoms with van der Waals surface area (Å²) in [7, 11) is 0. The van der Waals surface area contributed by atoms with Gasteiger partial charge in [-0.3, -0.25) is 4.40 Å². The normalized spacial score (nSPS) is 10.9. The highest BCUT2D eigenvalue weighted by atomic mass is 79.9. The van der Waals surface area contributed by atoms with Crippen LogP contribution in [-0.4, -0.2) is 9.38 Å². The molecular formula is C16H15BrN2O. The third-order valence-corrected chi connectivity index (χ3v) is 3.94. The summed E-state index contributed by atoms with van der Waals surface area (Å²) in [5, 5.41) is 0.693. The number of nitrogens with zero attached hydrogens (tertiary/aromatic N) is 2. The minimum Gasteiger partial charge on any atom is -0.437 e. The molecule has 0 atom stereocenters. The Kier molecular flexibility index (Phi) is 3.49. The summed E-state index contributed by atoms with van der Waals surface area (Å²) in [6.07, 6.45) is 1.99. The van der Waals surface area contributed by atoms with E-state index in [0.717, 1.165) is 17.1 Å². The molecule has 2 aromatic heterocycles. The van der Waals surface area contributed by atoms with Crippen LogP contribution in [0.3, 0.4) is 0 Å². The number of imidazole rings is 1. The SMILES string of the molecule is Cc1ccc(Oc2nc3ccccn3c2CBr)cc1C. The van der Waals surface area contributed by atoms with E-state index in [1.165, 1.54) is 11.1 Å². The number of ether oxygens (including phenoxy) is 1. The fraction of sp³-hybridized carbons (Fsp3) is 0.188. The van der Waals surface area contributed by atoms with Crippen LogP contribution in [0.4, 0.5) is 0 Å².